The van der Waals surface area contributed by atoms with E-state index in [2.05, 4.69) is 4.98 Å². The van der Waals surface area contributed by atoms with E-state index in [-0.39, 0.29) is 35.5 Å². The minimum Gasteiger partial charge on any atom is -0.338 e. The lowest BCUT2D eigenvalue weighted by atomic mass is 9.81. The zero-order chi connectivity index (χ0) is 22.1. The topological polar surface area (TPSA) is 53.5 Å². The third-order valence-electron chi connectivity index (χ3n) is 6.73. The number of likely N-dealkylation sites (tertiary alicyclic amines) is 2. The molecule has 162 valence electrons. The van der Waals surface area contributed by atoms with Crippen molar-refractivity contribution in [2.75, 3.05) is 19.6 Å². The van der Waals surface area contributed by atoms with Crippen LogP contribution in [-0.4, -0.2) is 52.3 Å². The predicted octanol–water partition coefficient (Wildman–Crippen LogP) is 3.99. The molecule has 0 radical (unpaired) electrons. The van der Waals surface area contributed by atoms with Gasteiger partial charge in [0.25, 0.3) is 11.8 Å². The van der Waals surface area contributed by atoms with Gasteiger partial charge in [-0.2, -0.15) is 0 Å². The van der Waals surface area contributed by atoms with Crippen molar-refractivity contribution in [3.63, 3.8) is 0 Å². The number of pyridine rings is 1. The summed E-state index contributed by atoms with van der Waals surface area (Å²) in [5.74, 6) is -0.150. The van der Waals surface area contributed by atoms with E-state index >= 15 is 0 Å². The number of carbonyl (C=O) groups is 2. The molecule has 2 amide bonds. The van der Waals surface area contributed by atoms with E-state index in [0.29, 0.717) is 30.8 Å². The van der Waals surface area contributed by atoms with Crippen LogP contribution in [0.4, 0.5) is 4.39 Å². The van der Waals surface area contributed by atoms with Gasteiger partial charge in [0.15, 0.2) is 0 Å². The van der Waals surface area contributed by atoms with Crippen LogP contribution in [0.2, 0.25) is 0 Å². The Labute approximate surface area is 186 Å². The van der Waals surface area contributed by atoms with Crippen LogP contribution < -0.4 is 0 Å². The van der Waals surface area contributed by atoms with E-state index in [1.807, 2.05) is 40.1 Å². The van der Waals surface area contributed by atoms with Gasteiger partial charge in [-0.1, -0.05) is 30.3 Å². The van der Waals surface area contributed by atoms with Crippen LogP contribution in [0.15, 0.2) is 79.1 Å². The number of benzene rings is 2. The van der Waals surface area contributed by atoms with Gasteiger partial charge in [0, 0.05) is 61.0 Å². The molecule has 0 bridgehead atoms. The summed E-state index contributed by atoms with van der Waals surface area (Å²) in [6.07, 6.45) is 3.96. The van der Waals surface area contributed by atoms with Crippen molar-refractivity contribution < 1.29 is 14.0 Å². The second-order valence-electron chi connectivity index (χ2n) is 8.49. The van der Waals surface area contributed by atoms with Crippen LogP contribution in [0.1, 0.15) is 38.6 Å². The number of aromatic nitrogens is 1. The monoisotopic (exact) mass is 429 g/mol. The van der Waals surface area contributed by atoms with Crippen LogP contribution in [0, 0.1) is 11.7 Å². The lowest BCUT2D eigenvalue weighted by Gasteiger charge is -2.39. The van der Waals surface area contributed by atoms with Gasteiger partial charge in [-0.05, 0) is 48.4 Å². The number of halogens is 1. The normalized spacial score (nSPS) is 22.5. The second-order valence-corrected chi connectivity index (χ2v) is 8.49. The third-order valence-corrected chi connectivity index (χ3v) is 6.73. The minimum atomic E-state index is -0.279. The molecule has 3 atom stereocenters. The molecule has 2 aliphatic rings. The third kappa shape index (κ3) is 3.77. The van der Waals surface area contributed by atoms with E-state index in [1.165, 1.54) is 12.1 Å². The molecule has 0 unspecified atom stereocenters. The summed E-state index contributed by atoms with van der Waals surface area (Å²) in [7, 11) is 0. The highest BCUT2D eigenvalue weighted by Gasteiger charge is 2.47. The Hall–Kier alpha value is -3.54. The van der Waals surface area contributed by atoms with Crippen LogP contribution in [0.25, 0.3) is 0 Å². The lowest BCUT2D eigenvalue weighted by molar-refractivity contribution is 0.0534. The number of hydrogen-bond donors (Lipinski definition) is 0. The molecule has 3 aromatic rings. The summed E-state index contributed by atoms with van der Waals surface area (Å²) in [6.45, 7) is 1.72. The first-order valence-electron chi connectivity index (χ1n) is 10.9. The van der Waals surface area contributed by atoms with Gasteiger partial charge in [-0.25, -0.2) is 4.39 Å². The maximum absolute atomic E-state index is 13.6. The van der Waals surface area contributed by atoms with Gasteiger partial charge in [0.2, 0.25) is 0 Å². The fourth-order valence-corrected chi connectivity index (χ4v) is 5.14. The molecule has 3 heterocycles. The average Bonchev–Trinajstić information content (AvgIpc) is 3.23. The van der Waals surface area contributed by atoms with E-state index in [9.17, 15) is 14.0 Å². The molecular weight excluding hydrogens is 405 g/mol. The molecule has 0 aliphatic carbocycles. The zero-order valence-corrected chi connectivity index (χ0v) is 17.6. The van der Waals surface area contributed by atoms with Gasteiger partial charge < -0.3 is 9.80 Å². The summed E-state index contributed by atoms with van der Waals surface area (Å²) in [4.78, 5) is 34.3. The summed E-state index contributed by atoms with van der Waals surface area (Å²) < 4.78 is 13.6. The first-order valence-corrected chi connectivity index (χ1v) is 10.9. The summed E-state index contributed by atoms with van der Waals surface area (Å²) in [6, 6.07) is 19.3. The highest BCUT2D eigenvalue weighted by molar-refractivity contribution is 5.95. The molecule has 5 rings (SSSR count). The largest absolute Gasteiger partial charge is 0.338 e. The number of carbonyl (C=O) groups excluding carboxylic acids is 2. The van der Waals surface area contributed by atoms with Crippen molar-refractivity contribution in [3.8, 4) is 0 Å². The van der Waals surface area contributed by atoms with Gasteiger partial charge in [0.1, 0.15) is 5.82 Å². The fraction of sp³-hybridized carbons (Fsp3) is 0.269. The molecule has 2 fully saturated rings. The average molecular weight is 429 g/mol. The van der Waals surface area contributed by atoms with Gasteiger partial charge in [0.05, 0.1) is 0 Å². The molecule has 0 N–H and O–H groups in total. The quantitative estimate of drug-likeness (QED) is 0.633. The second kappa shape index (κ2) is 8.54. The van der Waals surface area contributed by atoms with E-state index in [4.69, 9.17) is 0 Å². The molecule has 0 spiro atoms. The standard InChI is InChI=1S/C26H24FN3O2/c27-21-8-6-18(7-9-21)22-17-30(26(32)19-4-2-1-3-5-19)24-12-15-29(16-23(22)24)25(31)20-10-13-28-14-11-20/h1-11,13-14,22-24H,12,15-17H2/t22-,23-,24-/m0/s1. The van der Waals surface area contributed by atoms with Gasteiger partial charge in [-0.15, -0.1) is 0 Å². The summed E-state index contributed by atoms with van der Waals surface area (Å²) in [5, 5.41) is 0. The highest BCUT2D eigenvalue weighted by Crippen LogP contribution is 2.42. The number of rotatable bonds is 3. The van der Waals surface area contributed by atoms with Crippen LogP contribution in [0.3, 0.4) is 0 Å². The summed E-state index contributed by atoms with van der Waals surface area (Å²) in [5.41, 5.74) is 2.29. The van der Waals surface area contributed by atoms with Gasteiger partial charge >= 0.3 is 0 Å². The predicted molar refractivity (Wildman–Crippen MR) is 119 cm³/mol. The molecule has 0 saturated carbocycles. The van der Waals surface area contributed by atoms with E-state index < -0.39 is 0 Å². The Morgan fingerprint density at radius 1 is 0.844 bits per heavy atom. The van der Waals surface area contributed by atoms with Crippen LogP contribution in [-0.2, 0) is 0 Å². The Morgan fingerprint density at radius 2 is 1.53 bits per heavy atom. The molecule has 1 aromatic heterocycles. The maximum atomic E-state index is 13.6. The van der Waals surface area contributed by atoms with Gasteiger partial charge in [-0.3, -0.25) is 14.6 Å². The van der Waals surface area contributed by atoms with Crippen LogP contribution in [0.5, 0.6) is 0 Å². The first kappa shape index (κ1) is 20.4. The van der Waals surface area contributed by atoms with E-state index in [0.717, 1.165) is 12.0 Å². The Bertz CT molecular complexity index is 1100. The number of hydrogen-bond acceptors (Lipinski definition) is 3. The molecule has 6 heteroatoms. The zero-order valence-electron chi connectivity index (χ0n) is 17.6. The Balaban J connectivity index is 1.44. The van der Waals surface area contributed by atoms with Crippen LogP contribution >= 0.6 is 0 Å². The maximum Gasteiger partial charge on any atom is 0.254 e. The highest BCUT2D eigenvalue weighted by atomic mass is 19.1. The molecule has 2 saturated heterocycles. The number of fused-ring (bicyclic) bond motifs is 1. The minimum absolute atomic E-state index is 0.0131. The fourth-order valence-electron chi connectivity index (χ4n) is 5.14. The molecular formula is C26H24FN3O2. The van der Waals surface area contributed by atoms with Crippen molar-refractivity contribution in [2.24, 2.45) is 5.92 Å². The smallest absolute Gasteiger partial charge is 0.254 e. The molecule has 32 heavy (non-hydrogen) atoms. The van der Waals surface area contributed by atoms with Crippen molar-refractivity contribution in [1.82, 2.24) is 14.8 Å². The van der Waals surface area contributed by atoms with Crippen molar-refractivity contribution in [3.05, 3.63) is 102 Å². The number of nitrogens with zero attached hydrogens (tertiary/aromatic N) is 3. The van der Waals surface area contributed by atoms with E-state index in [1.54, 1.807) is 36.7 Å². The van der Waals surface area contributed by atoms with Crippen molar-refractivity contribution >= 4 is 11.8 Å². The van der Waals surface area contributed by atoms with Crippen molar-refractivity contribution in [2.45, 2.75) is 18.4 Å². The Kier molecular flexibility index (Phi) is 5.43. The molecule has 5 nitrogen and oxygen atoms in total. The van der Waals surface area contributed by atoms with Crippen molar-refractivity contribution in [1.29, 1.82) is 0 Å². The Morgan fingerprint density at radius 3 is 2.25 bits per heavy atom. The first-order chi connectivity index (χ1) is 15.6. The number of piperidine rings is 1. The number of amides is 2. The molecule has 2 aliphatic heterocycles. The molecule has 2 aromatic carbocycles. The lowest BCUT2D eigenvalue weighted by Crippen LogP contribution is -2.49. The SMILES string of the molecule is O=C(c1ccncc1)N1CC[C@H]2[C@@H](C1)[C@H](c1ccc(F)cc1)CN2C(=O)c1ccccc1. The summed E-state index contributed by atoms with van der Waals surface area (Å²) >= 11 is 0.